The van der Waals surface area contributed by atoms with Crippen molar-refractivity contribution >= 4 is 5.97 Å². The Labute approximate surface area is 102 Å². The fourth-order valence-corrected chi connectivity index (χ4v) is 1.95. The van der Waals surface area contributed by atoms with E-state index < -0.39 is 0 Å². The Bertz CT molecular complexity index is 419. The van der Waals surface area contributed by atoms with E-state index in [0.717, 1.165) is 5.56 Å². The van der Waals surface area contributed by atoms with Crippen molar-refractivity contribution in [1.82, 2.24) is 0 Å². The Kier molecular flexibility index (Phi) is 3.48. The molecule has 3 heteroatoms. The van der Waals surface area contributed by atoms with Crippen LogP contribution in [0.2, 0.25) is 0 Å². The third kappa shape index (κ3) is 2.67. The molecule has 0 atom stereocenters. The van der Waals surface area contributed by atoms with Gasteiger partial charge in [0.15, 0.2) is 0 Å². The summed E-state index contributed by atoms with van der Waals surface area (Å²) in [5.41, 5.74) is 3.03. The third-order valence-corrected chi connectivity index (χ3v) is 3.01. The monoisotopic (exact) mass is 234 g/mol. The van der Waals surface area contributed by atoms with E-state index in [9.17, 15) is 4.79 Å². The van der Waals surface area contributed by atoms with Crippen molar-refractivity contribution in [2.75, 3.05) is 13.2 Å². The fraction of sp³-hybridized carbons (Fsp3) is 0.500. The zero-order chi connectivity index (χ0) is 12.4. The van der Waals surface area contributed by atoms with Crippen molar-refractivity contribution < 1.29 is 14.3 Å². The number of ether oxygens (including phenoxy) is 2. The molecule has 1 aliphatic heterocycles. The largest absolute Gasteiger partial charge is 0.454 e. The van der Waals surface area contributed by atoms with Crippen LogP contribution >= 0.6 is 0 Å². The molecular formula is C14H18O3. The normalized spacial score (nSPS) is 15.8. The van der Waals surface area contributed by atoms with E-state index in [-0.39, 0.29) is 12.1 Å². The summed E-state index contributed by atoms with van der Waals surface area (Å²) in [6.45, 7) is 7.36. The van der Waals surface area contributed by atoms with Crippen LogP contribution in [-0.2, 0) is 9.47 Å². The number of benzene rings is 1. The summed E-state index contributed by atoms with van der Waals surface area (Å²) in [4.78, 5) is 11.8. The van der Waals surface area contributed by atoms with Gasteiger partial charge in [0.1, 0.15) is 6.10 Å². The van der Waals surface area contributed by atoms with Gasteiger partial charge in [-0.25, -0.2) is 4.79 Å². The molecule has 0 aliphatic carbocycles. The summed E-state index contributed by atoms with van der Waals surface area (Å²) in [5.74, 6) is 0.219. The van der Waals surface area contributed by atoms with Crippen molar-refractivity contribution in [2.24, 2.45) is 0 Å². The fourth-order valence-electron chi connectivity index (χ4n) is 1.95. The Morgan fingerprint density at radius 2 is 2.12 bits per heavy atom. The first-order valence-corrected chi connectivity index (χ1v) is 5.97. The lowest BCUT2D eigenvalue weighted by molar-refractivity contribution is -0.103. The Morgan fingerprint density at radius 3 is 2.59 bits per heavy atom. The SMILES string of the molecule is Cc1cc(C(=O)OC2COC2)ccc1C(C)C. The molecule has 17 heavy (non-hydrogen) atoms. The molecule has 0 amide bonds. The summed E-state index contributed by atoms with van der Waals surface area (Å²) >= 11 is 0. The molecule has 0 radical (unpaired) electrons. The van der Waals surface area contributed by atoms with Crippen LogP contribution in [0, 0.1) is 6.92 Å². The van der Waals surface area contributed by atoms with Crippen molar-refractivity contribution in [1.29, 1.82) is 0 Å². The molecule has 0 spiro atoms. The molecule has 0 bridgehead atoms. The second kappa shape index (κ2) is 4.88. The number of carbonyl (C=O) groups excluding carboxylic acids is 1. The highest BCUT2D eigenvalue weighted by Gasteiger charge is 2.23. The summed E-state index contributed by atoms with van der Waals surface area (Å²) in [5, 5.41) is 0. The molecular weight excluding hydrogens is 216 g/mol. The van der Waals surface area contributed by atoms with Gasteiger partial charge in [-0.1, -0.05) is 19.9 Å². The predicted molar refractivity (Wildman–Crippen MR) is 65.3 cm³/mol. The van der Waals surface area contributed by atoms with Gasteiger partial charge in [0.25, 0.3) is 0 Å². The first kappa shape index (κ1) is 12.1. The number of carbonyl (C=O) groups is 1. The highest BCUT2D eigenvalue weighted by Crippen LogP contribution is 2.21. The van der Waals surface area contributed by atoms with Crippen LogP contribution in [0.4, 0.5) is 0 Å². The van der Waals surface area contributed by atoms with Gasteiger partial charge in [0.05, 0.1) is 18.8 Å². The molecule has 1 aromatic carbocycles. The van der Waals surface area contributed by atoms with Crippen LogP contribution in [0.5, 0.6) is 0 Å². The number of aryl methyl sites for hydroxylation is 1. The standard InChI is InChI=1S/C14H18O3/c1-9(2)13-5-4-11(6-10(13)3)14(15)17-12-7-16-8-12/h4-6,9,12H,7-8H2,1-3H3. The van der Waals surface area contributed by atoms with Gasteiger partial charge >= 0.3 is 5.97 Å². The molecule has 0 N–H and O–H groups in total. The minimum absolute atomic E-state index is 0.0624. The molecule has 3 nitrogen and oxygen atoms in total. The molecule has 1 aromatic rings. The minimum atomic E-state index is -0.253. The molecule has 0 unspecified atom stereocenters. The molecule has 1 aliphatic rings. The first-order valence-electron chi connectivity index (χ1n) is 5.97. The van der Waals surface area contributed by atoms with Gasteiger partial charge in [-0.2, -0.15) is 0 Å². The summed E-state index contributed by atoms with van der Waals surface area (Å²) in [6, 6.07) is 5.75. The molecule has 0 aromatic heterocycles. The summed E-state index contributed by atoms with van der Waals surface area (Å²) in [7, 11) is 0. The average Bonchev–Trinajstić information content (AvgIpc) is 2.22. The molecule has 1 heterocycles. The Hall–Kier alpha value is -1.35. The Balaban J connectivity index is 2.10. The maximum atomic E-state index is 11.8. The number of hydrogen-bond donors (Lipinski definition) is 0. The molecule has 2 rings (SSSR count). The van der Waals surface area contributed by atoms with Crippen LogP contribution < -0.4 is 0 Å². The van der Waals surface area contributed by atoms with Gasteiger partial charge in [-0.3, -0.25) is 0 Å². The van der Waals surface area contributed by atoms with Crippen LogP contribution in [0.1, 0.15) is 41.3 Å². The van der Waals surface area contributed by atoms with E-state index in [1.54, 1.807) is 0 Å². The van der Waals surface area contributed by atoms with Gasteiger partial charge in [-0.05, 0) is 36.1 Å². The van der Waals surface area contributed by atoms with E-state index in [1.807, 2.05) is 25.1 Å². The van der Waals surface area contributed by atoms with Crippen molar-refractivity contribution in [3.8, 4) is 0 Å². The smallest absolute Gasteiger partial charge is 0.338 e. The number of esters is 1. The molecule has 0 saturated carbocycles. The maximum absolute atomic E-state index is 11.8. The second-order valence-electron chi connectivity index (χ2n) is 4.79. The van der Waals surface area contributed by atoms with Crippen molar-refractivity contribution in [3.05, 3.63) is 34.9 Å². The third-order valence-electron chi connectivity index (χ3n) is 3.01. The topological polar surface area (TPSA) is 35.5 Å². The minimum Gasteiger partial charge on any atom is -0.454 e. The van der Waals surface area contributed by atoms with E-state index in [0.29, 0.717) is 24.7 Å². The number of rotatable bonds is 3. The quantitative estimate of drug-likeness (QED) is 0.754. The zero-order valence-corrected chi connectivity index (χ0v) is 10.5. The van der Waals surface area contributed by atoms with Crippen LogP contribution in [-0.4, -0.2) is 25.3 Å². The first-order chi connectivity index (χ1) is 8.08. The zero-order valence-electron chi connectivity index (χ0n) is 10.5. The van der Waals surface area contributed by atoms with E-state index in [2.05, 4.69) is 13.8 Å². The van der Waals surface area contributed by atoms with Crippen LogP contribution in [0.25, 0.3) is 0 Å². The Morgan fingerprint density at radius 1 is 1.41 bits per heavy atom. The lowest BCUT2D eigenvalue weighted by atomic mass is 9.96. The highest BCUT2D eigenvalue weighted by atomic mass is 16.6. The van der Waals surface area contributed by atoms with Crippen molar-refractivity contribution in [3.63, 3.8) is 0 Å². The van der Waals surface area contributed by atoms with E-state index >= 15 is 0 Å². The molecule has 92 valence electrons. The molecule has 1 fully saturated rings. The van der Waals surface area contributed by atoms with Gasteiger partial charge in [0.2, 0.25) is 0 Å². The van der Waals surface area contributed by atoms with Crippen LogP contribution in [0.3, 0.4) is 0 Å². The second-order valence-corrected chi connectivity index (χ2v) is 4.79. The maximum Gasteiger partial charge on any atom is 0.338 e. The molecule has 1 saturated heterocycles. The number of hydrogen-bond acceptors (Lipinski definition) is 3. The predicted octanol–water partition coefficient (Wildman–Crippen LogP) is 2.67. The van der Waals surface area contributed by atoms with E-state index in [4.69, 9.17) is 9.47 Å². The highest BCUT2D eigenvalue weighted by molar-refractivity contribution is 5.89. The average molecular weight is 234 g/mol. The van der Waals surface area contributed by atoms with Gasteiger partial charge in [0, 0.05) is 0 Å². The lowest BCUT2D eigenvalue weighted by Crippen LogP contribution is -2.37. The summed E-state index contributed by atoms with van der Waals surface area (Å²) < 4.78 is 10.2. The van der Waals surface area contributed by atoms with Gasteiger partial charge in [-0.15, -0.1) is 0 Å². The van der Waals surface area contributed by atoms with Crippen LogP contribution in [0.15, 0.2) is 18.2 Å². The van der Waals surface area contributed by atoms with Crippen molar-refractivity contribution in [2.45, 2.75) is 32.8 Å². The van der Waals surface area contributed by atoms with E-state index in [1.165, 1.54) is 5.56 Å². The lowest BCUT2D eigenvalue weighted by Gasteiger charge is -2.25. The van der Waals surface area contributed by atoms with Gasteiger partial charge < -0.3 is 9.47 Å². The summed E-state index contributed by atoms with van der Waals surface area (Å²) in [6.07, 6.45) is -0.0624.